The molecule has 1 aromatic carbocycles. The van der Waals surface area contributed by atoms with Gasteiger partial charge in [0.05, 0.1) is 0 Å². The minimum Gasteiger partial charge on any atom is -0.310 e. The molecule has 2 nitrogen and oxygen atoms in total. The molecule has 0 spiro atoms. The largest absolute Gasteiger partial charge is 0.310 e. The maximum Gasteiger partial charge on any atom is 0.126 e. The number of hydrogen-bond donors (Lipinski definition) is 1. The molecule has 0 amide bonds. The van der Waals surface area contributed by atoms with Crippen LogP contribution in [0.2, 0.25) is 0 Å². The average Bonchev–Trinajstić information content (AvgIpc) is 3.30. The van der Waals surface area contributed by atoms with Crippen LogP contribution in [0.3, 0.4) is 0 Å². The van der Waals surface area contributed by atoms with Gasteiger partial charge < -0.3 is 10.2 Å². The van der Waals surface area contributed by atoms with Crippen molar-refractivity contribution in [3.8, 4) is 0 Å². The van der Waals surface area contributed by atoms with Crippen LogP contribution < -0.4 is 5.32 Å². The highest BCUT2D eigenvalue weighted by molar-refractivity contribution is 5.25. The quantitative estimate of drug-likeness (QED) is 0.781. The summed E-state index contributed by atoms with van der Waals surface area (Å²) >= 11 is 0. The van der Waals surface area contributed by atoms with Crippen LogP contribution >= 0.6 is 0 Å². The van der Waals surface area contributed by atoms with Crippen LogP contribution in [-0.2, 0) is 0 Å². The van der Waals surface area contributed by atoms with Gasteiger partial charge in [-0.25, -0.2) is 4.39 Å². The van der Waals surface area contributed by atoms with Crippen molar-refractivity contribution in [1.82, 2.24) is 10.2 Å². The van der Waals surface area contributed by atoms with E-state index in [0.29, 0.717) is 11.6 Å². The van der Waals surface area contributed by atoms with E-state index in [1.165, 1.54) is 12.8 Å². The van der Waals surface area contributed by atoms with Gasteiger partial charge in [0.25, 0.3) is 0 Å². The molecule has 1 fully saturated rings. The van der Waals surface area contributed by atoms with Gasteiger partial charge in [-0.2, -0.15) is 0 Å². The molecule has 0 radical (unpaired) electrons. The van der Waals surface area contributed by atoms with Gasteiger partial charge in [-0.3, -0.25) is 0 Å². The zero-order valence-electron chi connectivity index (χ0n) is 13.8. The van der Waals surface area contributed by atoms with Gasteiger partial charge in [-0.05, 0) is 76.4 Å². The van der Waals surface area contributed by atoms with E-state index in [-0.39, 0.29) is 11.9 Å². The van der Waals surface area contributed by atoms with E-state index in [4.69, 9.17) is 0 Å². The van der Waals surface area contributed by atoms with Crippen molar-refractivity contribution in [2.45, 2.75) is 52.1 Å². The number of rotatable bonds is 8. The lowest BCUT2D eigenvalue weighted by Gasteiger charge is -2.27. The first-order chi connectivity index (χ1) is 10.0. The highest BCUT2D eigenvalue weighted by atomic mass is 19.1. The molecule has 1 aliphatic carbocycles. The third kappa shape index (κ3) is 4.52. The zero-order valence-corrected chi connectivity index (χ0v) is 13.8. The summed E-state index contributed by atoms with van der Waals surface area (Å²) in [6, 6.07) is 6.52. The molecule has 3 heteroatoms. The first-order valence-electron chi connectivity index (χ1n) is 8.22. The van der Waals surface area contributed by atoms with Crippen molar-refractivity contribution in [2.24, 2.45) is 5.92 Å². The number of benzene rings is 1. The van der Waals surface area contributed by atoms with Crippen LogP contribution in [0.5, 0.6) is 0 Å². The molecule has 1 N–H and O–H groups in total. The molecule has 1 aliphatic rings. The number of halogens is 1. The van der Waals surface area contributed by atoms with Crippen LogP contribution in [-0.4, -0.2) is 31.1 Å². The second kappa shape index (κ2) is 7.37. The first-order valence-corrected chi connectivity index (χ1v) is 8.22. The predicted molar refractivity (Wildman–Crippen MR) is 87.0 cm³/mol. The van der Waals surface area contributed by atoms with E-state index in [1.807, 2.05) is 13.0 Å². The van der Waals surface area contributed by atoms with E-state index < -0.39 is 0 Å². The Morgan fingerprint density at radius 1 is 1.38 bits per heavy atom. The Morgan fingerprint density at radius 2 is 2.10 bits per heavy atom. The van der Waals surface area contributed by atoms with Gasteiger partial charge in [0.1, 0.15) is 5.82 Å². The SMILES string of the molecule is CCNC(CCN(C)C(C)C1CC1)c1ccc(C)c(F)c1. The summed E-state index contributed by atoms with van der Waals surface area (Å²) in [5, 5.41) is 3.49. The third-order valence-electron chi connectivity index (χ3n) is 4.82. The minimum absolute atomic E-state index is 0.102. The highest BCUT2D eigenvalue weighted by Crippen LogP contribution is 2.34. The maximum absolute atomic E-state index is 13.8. The molecular weight excluding hydrogens is 263 g/mol. The van der Waals surface area contributed by atoms with E-state index in [9.17, 15) is 4.39 Å². The Balaban J connectivity index is 1.95. The minimum atomic E-state index is -0.102. The molecule has 0 aliphatic heterocycles. The van der Waals surface area contributed by atoms with Gasteiger partial charge in [-0.1, -0.05) is 19.1 Å². The van der Waals surface area contributed by atoms with Gasteiger partial charge in [0.2, 0.25) is 0 Å². The van der Waals surface area contributed by atoms with Crippen LogP contribution in [0.15, 0.2) is 18.2 Å². The number of nitrogens with zero attached hydrogens (tertiary/aromatic N) is 1. The predicted octanol–water partition coefficient (Wildman–Crippen LogP) is 3.91. The van der Waals surface area contributed by atoms with E-state index in [0.717, 1.165) is 31.0 Å². The Bertz CT molecular complexity index is 457. The van der Waals surface area contributed by atoms with Crippen molar-refractivity contribution < 1.29 is 4.39 Å². The fourth-order valence-electron chi connectivity index (χ4n) is 2.93. The lowest BCUT2D eigenvalue weighted by Crippen LogP contribution is -2.34. The van der Waals surface area contributed by atoms with Gasteiger partial charge in [-0.15, -0.1) is 0 Å². The normalized spacial score (nSPS) is 18.0. The average molecular weight is 292 g/mol. The summed E-state index contributed by atoms with van der Waals surface area (Å²) in [7, 11) is 2.21. The molecule has 118 valence electrons. The van der Waals surface area contributed by atoms with Crippen molar-refractivity contribution in [2.75, 3.05) is 20.1 Å². The highest BCUT2D eigenvalue weighted by Gasteiger charge is 2.30. The van der Waals surface area contributed by atoms with Crippen LogP contribution in [0.25, 0.3) is 0 Å². The lowest BCUT2D eigenvalue weighted by molar-refractivity contribution is 0.222. The van der Waals surface area contributed by atoms with Crippen molar-refractivity contribution in [3.05, 3.63) is 35.1 Å². The third-order valence-corrected chi connectivity index (χ3v) is 4.82. The van der Waals surface area contributed by atoms with Crippen LogP contribution in [0.1, 0.15) is 50.3 Å². The Hall–Kier alpha value is -0.930. The fourth-order valence-corrected chi connectivity index (χ4v) is 2.93. The Morgan fingerprint density at radius 3 is 2.67 bits per heavy atom. The van der Waals surface area contributed by atoms with E-state index in [2.05, 4.69) is 37.2 Å². The summed E-state index contributed by atoms with van der Waals surface area (Å²) < 4.78 is 13.8. The van der Waals surface area contributed by atoms with Crippen molar-refractivity contribution in [3.63, 3.8) is 0 Å². The molecule has 0 aromatic heterocycles. The Kier molecular flexibility index (Phi) is 5.77. The second-order valence-corrected chi connectivity index (χ2v) is 6.47. The molecule has 21 heavy (non-hydrogen) atoms. The molecule has 0 heterocycles. The fraction of sp³-hybridized carbons (Fsp3) is 0.667. The molecule has 2 atom stereocenters. The van der Waals surface area contributed by atoms with Gasteiger partial charge >= 0.3 is 0 Å². The molecule has 1 saturated carbocycles. The summed E-state index contributed by atoms with van der Waals surface area (Å²) in [6.45, 7) is 8.19. The molecule has 2 rings (SSSR count). The van der Waals surface area contributed by atoms with Crippen molar-refractivity contribution >= 4 is 0 Å². The lowest BCUT2D eigenvalue weighted by atomic mass is 10.0. The molecule has 0 saturated heterocycles. The topological polar surface area (TPSA) is 15.3 Å². The zero-order chi connectivity index (χ0) is 15.4. The summed E-state index contributed by atoms with van der Waals surface area (Å²) in [5.41, 5.74) is 1.78. The number of hydrogen-bond acceptors (Lipinski definition) is 2. The van der Waals surface area contributed by atoms with Gasteiger partial charge in [0.15, 0.2) is 0 Å². The Labute approximate surface area is 128 Å². The summed E-state index contributed by atoms with van der Waals surface area (Å²) in [5.74, 6) is 0.791. The first kappa shape index (κ1) is 16.4. The molecular formula is C18H29FN2. The van der Waals surface area contributed by atoms with Crippen LogP contribution in [0, 0.1) is 18.7 Å². The standard InChI is InChI=1S/C18H29FN2/c1-5-20-18(16-7-6-13(2)17(19)12-16)10-11-21(4)14(3)15-8-9-15/h6-7,12,14-15,18,20H,5,8-11H2,1-4H3. The van der Waals surface area contributed by atoms with Crippen molar-refractivity contribution in [1.29, 1.82) is 0 Å². The summed E-state index contributed by atoms with van der Waals surface area (Å²) in [6.07, 6.45) is 3.78. The van der Waals surface area contributed by atoms with Gasteiger partial charge in [0, 0.05) is 12.1 Å². The summed E-state index contributed by atoms with van der Waals surface area (Å²) in [4.78, 5) is 2.45. The number of aryl methyl sites for hydroxylation is 1. The monoisotopic (exact) mass is 292 g/mol. The maximum atomic E-state index is 13.8. The molecule has 2 unspecified atom stereocenters. The molecule has 1 aromatic rings. The smallest absolute Gasteiger partial charge is 0.126 e. The second-order valence-electron chi connectivity index (χ2n) is 6.47. The number of nitrogens with one attached hydrogen (secondary N) is 1. The van der Waals surface area contributed by atoms with E-state index >= 15 is 0 Å². The molecule has 0 bridgehead atoms. The van der Waals surface area contributed by atoms with E-state index in [1.54, 1.807) is 6.07 Å². The van der Waals surface area contributed by atoms with Crippen LogP contribution in [0.4, 0.5) is 4.39 Å².